The van der Waals surface area contributed by atoms with Gasteiger partial charge in [-0.3, -0.25) is 4.79 Å². The van der Waals surface area contributed by atoms with E-state index in [0.717, 1.165) is 11.6 Å². The first kappa shape index (κ1) is 19.6. The van der Waals surface area contributed by atoms with Crippen LogP contribution in [-0.4, -0.2) is 34.3 Å². The fourth-order valence-electron chi connectivity index (χ4n) is 2.60. The summed E-state index contributed by atoms with van der Waals surface area (Å²) in [5.74, 6) is -2.32. The number of furan rings is 1. The second-order valence-electron chi connectivity index (χ2n) is 6.18. The SMILES string of the molecule is Cc1cccc(C(=O)N/N=C\c2ccc(-c3cc(C(=O)O)cc(C(=O)O)c3)o2)c1. The quantitative estimate of drug-likeness (QED) is 0.435. The molecule has 29 heavy (non-hydrogen) atoms. The Bertz CT molecular complexity index is 1100. The number of nitrogens with zero attached hydrogens (tertiary/aromatic N) is 1. The van der Waals surface area contributed by atoms with E-state index in [0.29, 0.717) is 16.9 Å². The van der Waals surface area contributed by atoms with Crippen LogP contribution in [0.4, 0.5) is 0 Å². The predicted octanol–water partition coefficient (Wildman–Crippen LogP) is 3.42. The Morgan fingerprint density at radius 2 is 1.62 bits per heavy atom. The van der Waals surface area contributed by atoms with Gasteiger partial charge in [0.1, 0.15) is 11.5 Å². The van der Waals surface area contributed by atoms with Gasteiger partial charge in [0.15, 0.2) is 0 Å². The van der Waals surface area contributed by atoms with Crippen LogP contribution in [0, 0.1) is 6.92 Å². The third-order valence-electron chi connectivity index (χ3n) is 3.98. The van der Waals surface area contributed by atoms with E-state index in [4.69, 9.17) is 14.6 Å². The number of amides is 1. The van der Waals surface area contributed by atoms with E-state index in [9.17, 15) is 14.4 Å². The summed E-state index contributed by atoms with van der Waals surface area (Å²) < 4.78 is 5.56. The standard InChI is InChI=1S/C21H16N2O6/c1-12-3-2-4-13(7-12)19(24)23-22-11-17-5-6-18(29-17)14-8-15(20(25)26)10-16(9-14)21(27)28/h2-11H,1H3,(H,23,24)(H,25,26)(H,27,28)/b22-11-. The number of rotatable bonds is 6. The van der Waals surface area contributed by atoms with Crippen molar-refractivity contribution in [2.24, 2.45) is 5.10 Å². The van der Waals surface area contributed by atoms with Crippen molar-refractivity contribution in [2.75, 3.05) is 0 Å². The smallest absolute Gasteiger partial charge is 0.335 e. The summed E-state index contributed by atoms with van der Waals surface area (Å²) in [6.07, 6.45) is 1.29. The molecule has 0 aliphatic rings. The van der Waals surface area contributed by atoms with Crippen LogP contribution in [0.5, 0.6) is 0 Å². The molecule has 2 aromatic carbocycles. The van der Waals surface area contributed by atoms with Gasteiger partial charge in [0.05, 0.1) is 17.3 Å². The molecule has 0 radical (unpaired) electrons. The van der Waals surface area contributed by atoms with E-state index in [1.165, 1.54) is 18.3 Å². The third kappa shape index (κ3) is 4.75. The average Bonchev–Trinajstić information content (AvgIpc) is 3.16. The molecule has 3 aromatic rings. The van der Waals surface area contributed by atoms with Gasteiger partial charge in [-0.05, 0) is 49.4 Å². The minimum absolute atomic E-state index is 0.170. The Kier molecular flexibility index (Phi) is 5.54. The van der Waals surface area contributed by atoms with E-state index >= 15 is 0 Å². The van der Waals surface area contributed by atoms with Gasteiger partial charge in [0.25, 0.3) is 5.91 Å². The number of carbonyl (C=O) groups excluding carboxylic acids is 1. The van der Waals surface area contributed by atoms with Gasteiger partial charge in [0.2, 0.25) is 0 Å². The van der Waals surface area contributed by atoms with Crippen molar-refractivity contribution in [2.45, 2.75) is 6.92 Å². The number of aryl methyl sites for hydroxylation is 1. The van der Waals surface area contributed by atoms with Crippen LogP contribution in [0.25, 0.3) is 11.3 Å². The number of hydrogen-bond donors (Lipinski definition) is 3. The molecule has 3 rings (SSSR count). The number of benzene rings is 2. The first-order valence-electron chi connectivity index (χ1n) is 8.45. The number of hydrazone groups is 1. The highest BCUT2D eigenvalue weighted by Gasteiger charge is 2.14. The predicted molar refractivity (Wildman–Crippen MR) is 104 cm³/mol. The normalized spacial score (nSPS) is 10.8. The maximum Gasteiger partial charge on any atom is 0.335 e. The van der Waals surface area contributed by atoms with Gasteiger partial charge in [-0.1, -0.05) is 17.7 Å². The second kappa shape index (κ2) is 8.22. The lowest BCUT2D eigenvalue weighted by atomic mass is 10.0. The summed E-state index contributed by atoms with van der Waals surface area (Å²) in [6.45, 7) is 1.87. The monoisotopic (exact) mass is 392 g/mol. The largest absolute Gasteiger partial charge is 0.478 e. The Balaban J connectivity index is 1.77. The van der Waals surface area contributed by atoms with Crippen LogP contribution in [-0.2, 0) is 0 Å². The van der Waals surface area contributed by atoms with E-state index in [1.807, 2.05) is 13.0 Å². The number of carbonyl (C=O) groups is 3. The molecule has 1 amide bonds. The molecule has 0 saturated heterocycles. The lowest BCUT2D eigenvalue weighted by molar-refractivity contribution is 0.0696. The maximum absolute atomic E-state index is 12.0. The zero-order valence-corrected chi connectivity index (χ0v) is 15.2. The molecular formula is C21H16N2O6. The molecule has 3 N–H and O–H groups in total. The van der Waals surface area contributed by atoms with Crippen LogP contribution >= 0.6 is 0 Å². The fraction of sp³-hybridized carbons (Fsp3) is 0.0476. The highest BCUT2D eigenvalue weighted by molar-refractivity contribution is 5.96. The fourth-order valence-corrected chi connectivity index (χ4v) is 2.60. The number of carboxylic acid groups (broad SMARTS) is 2. The van der Waals surface area contributed by atoms with Crippen LogP contribution in [0.2, 0.25) is 0 Å². The topological polar surface area (TPSA) is 129 Å². The van der Waals surface area contributed by atoms with Gasteiger partial charge in [-0.15, -0.1) is 0 Å². The number of aromatic carboxylic acids is 2. The summed E-state index contributed by atoms with van der Waals surface area (Å²) in [5.41, 5.74) is 3.76. The summed E-state index contributed by atoms with van der Waals surface area (Å²) in [6, 6.07) is 13.8. The first-order chi connectivity index (χ1) is 13.8. The van der Waals surface area contributed by atoms with Crippen LogP contribution in [0.3, 0.4) is 0 Å². The minimum atomic E-state index is -1.25. The van der Waals surface area contributed by atoms with E-state index in [1.54, 1.807) is 30.3 Å². The van der Waals surface area contributed by atoms with Crippen molar-refractivity contribution in [3.8, 4) is 11.3 Å². The molecule has 1 aromatic heterocycles. The minimum Gasteiger partial charge on any atom is -0.478 e. The molecular weight excluding hydrogens is 376 g/mol. The molecule has 0 unspecified atom stereocenters. The van der Waals surface area contributed by atoms with Crippen molar-refractivity contribution >= 4 is 24.1 Å². The molecule has 146 valence electrons. The van der Waals surface area contributed by atoms with Crippen molar-refractivity contribution in [1.82, 2.24) is 5.43 Å². The highest BCUT2D eigenvalue weighted by Crippen LogP contribution is 2.24. The van der Waals surface area contributed by atoms with E-state index < -0.39 is 11.9 Å². The van der Waals surface area contributed by atoms with Crippen LogP contribution in [0.1, 0.15) is 42.4 Å². The molecule has 0 saturated carbocycles. The number of carboxylic acids is 2. The molecule has 0 fully saturated rings. The lowest BCUT2D eigenvalue weighted by Crippen LogP contribution is -2.17. The Labute approximate surface area is 165 Å². The Morgan fingerprint density at radius 1 is 0.931 bits per heavy atom. The summed E-state index contributed by atoms with van der Waals surface area (Å²) in [7, 11) is 0. The Morgan fingerprint density at radius 3 is 2.24 bits per heavy atom. The zero-order chi connectivity index (χ0) is 21.0. The van der Waals surface area contributed by atoms with Gasteiger partial charge >= 0.3 is 11.9 Å². The van der Waals surface area contributed by atoms with Crippen molar-refractivity contribution in [3.05, 3.63) is 82.6 Å². The molecule has 0 atom stereocenters. The summed E-state index contributed by atoms with van der Waals surface area (Å²) >= 11 is 0. The first-order valence-corrected chi connectivity index (χ1v) is 8.45. The molecule has 8 heteroatoms. The molecule has 8 nitrogen and oxygen atoms in total. The molecule has 0 spiro atoms. The average molecular weight is 392 g/mol. The lowest BCUT2D eigenvalue weighted by Gasteiger charge is -2.03. The molecule has 1 heterocycles. The van der Waals surface area contributed by atoms with Crippen molar-refractivity contribution in [1.29, 1.82) is 0 Å². The van der Waals surface area contributed by atoms with Gasteiger partial charge < -0.3 is 14.6 Å². The van der Waals surface area contributed by atoms with Gasteiger partial charge in [-0.2, -0.15) is 5.10 Å². The van der Waals surface area contributed by atoms with Crippen molar-refractivity contribution < 1.29 is 29.0 Å². The number of nitrogens with one attached hydrogen (secondary N) is 1. The Hall–Kier alpha value is -4.20. The highest BCUT2D eigenvalue weighted by atomic mass is 16.4. The third-order valence-corrected chi connectivity index (χ3v) is 3.98. The molecule has 0 aliphatic heterocycles. The van der Waals surface area contributed by atoms with Gasteiger partial charge in [0, 0.05) is 11.1 Å². The summed E-state index contributed by atoms with van der Waals surface area (Å²) in [4.78, 5) is 34.5. The van der Waals surface area contributed by atoms with Crippen molar-refractivity contribution in [3.63, 3.8) is 0 Å². The van der Waals surface area contributed by atoms with Crippen LogP contribution < -0.4 is 5.43 Å². The molecule has 0 aliphatic carbocycles. The molecule has 0 bridgehead atoms. The zero-order valence-electron chi connectivity index (χ0n) is 15.2. The second-order valence-corrected chi connectivity index (χ2v) is 6.18. The van der Waals surface area contributed by atoms with E-state index in [2.05, 4.69) is 10.5 Å². The van der Waals surface area contributed by atoms with Crippen LogP contribution in [0.15, 0.2) is 64.1 Å². The van der Waals surface area contributed by atoms with Gasteiger partial charge in [-0.25, -0.2) is 15.0 Å². The maximum atomic E-state index is 12.0. The summed E-state index contributed by atoms with van der Waals surface area (Å²) in [5, 5.41) is 22.2. The number of hydrogen-bond acceptors (Lipinski definition) is 5. The van der Waals surface area contributed by atoms with E-state index in [-0.39, 0.29) is 22.8 Å².